The van der Waals surface area contributed by atoms with Crippen LogP contribution in [-0.2, 0) is 43.5 Å². The summed E-state index contributed by atoms with van der Waals surface area (Å²) in [5, 5.41) is 0. The topological polar surface area (TPSA) is 46.2 Å². The van der Waals surface area contributed by atoms with E-state index in [2.05, 4.69) is 0 Å². The quantitative estimate of drug-likeness (QED) is 0.291. The summed E-state index contributed by atoms with van der Waals surface area (Å²) in [6.45, 7) is 2.95. The van der Waals surface area contributed by atoms with E-state index < -0.39 is 30.8 Å². The molecule has 3 aromatic rings. The molecule has 190 valence electrons. The van der Waals surface area contributed by atoms with Crippen molar-refractivity contribution < 1.29 is 28.1 Å². The summed E-state index contributed by atoms with van der Waals surface area (Å²) in [6.07, 6.45) is -1.56. The molecule has 0 aromatic heterocycles. The Kier molecular flexibility index (Phi) is 10.1. The van der Waals surface area contributed by atoms with Gasteiger partial charge in [0.05, 0.1) is 32.7 Å². The molecule has 4 rings (SSSR count). The van der Waals surface area contributed by atoms with Crippen molar-refractivity contribution in [1.29, 1.82) is 0 Å². The Balaban J connectivity index is 1.52. The highest BCUT2D eigenvalue weighted by atomic mass is 19.1. The molecule has 1 saturated heterocycles. The maximum atomic E-state index is 15.3. The SMILES string of the molecule is C/C=C\O[C@H]1[C@@H](OCc2ccccc2)[C@H](OCc2ccccc2)[C@@H](COCc2ccccc2)O[C@@H]1F. The minimum atomic E-state index is -1.70. The first-order valence-corrected chi connectivity index (χ1v) is 12.2. The lowest BCUT2D eigenvalue weighted by Gasteiger charge is -2.43. The molecule has 6 heteroatoms. The van der Waals surface area contributed by atoms with Gasteiger partial charge in [0, 0.05) is 0 Å². The molecule has 1 heterocycles. The average Bonchev–Trinajstić information content (AvgIpc) is 2.92. The van der Waals surface area contributed by atoms with E-state index in [1.54, 1.807) is 13.0 Å². The molecule has 0 bridgehead atoms. The number of alkyl halides is 1. The number of rotatable bonds is 12. The van der Waals surface area contributed by atoms with Crippen molar-refractivity contribution in [3.05, 3.63) is 120 Å². The lowest BCUT2D eigenvalue weighted by atomic mass is 9.98. The zero-order chi connectivity index (χ0) is 25.0. The molecule has 1 fully saturated rings. The van der Waals surface area contributed by atoms with E-state index in [-0.39, 0.29) is 13.2 Å². The van der Waals surface area contributed by atoms with Gasteiger partial charge in [0.15, 0.2) is 6.10 Å². The molecule has 0 aliphatic carbocycles. The molecule has 36 heavy (non-hydrogen) atoms. The molecule has 0 N–H and O–H groups in total. The van der Waals surface area contributed by atoms with E-state index in [1.165, 1.54) is 6.26 Å². The summed E-state index contributed by atoms with van der Waals surface area (Å²) < 4.78 is 45.4. The Hall–Kier alpha value is -3.03. The average molecular weight is 493 g/mol. The molecular weight excluding hydrogens is 459 g/mol. The van der Waals surface area contributed by atoms with Crippen LogP contribution in [0.15, 0.2) is 103 Å². The van der Waals surface area contributed by atoms with Crippen molar-refractivity contribution in [3.63, 3.8) is 0 Å². The largest absolute Gasteiger partial charge is 0.490 e. The fraction of sp³-hybridized carbons (Fsp3) is 0.333. The summed E-state index contributed by atoms with van der Waals surface area (Å²) in [5.41, 5.74) is 3.00. The molecule has 0 saturated carbocycles. The van der Waals surface area contributed by atoms with Gasteiger partial charge in [-0.2, -0.15) is 0 Å². The molecule has 3 aromatic carbocycles. The molecular formula is C30H33FO5. The van der Waals surface area contributed by atoms with Crippen LogP contribution in [0.3, 0.4) is 0 Å². The first-order chi connectivity index (χ1) is 17.7. The molecule has 5 nitrogen and oxygen atoms in total. The minimum Gasteiger partial charge on any atom is -0.490 e. The predicted octanol–water partition coefficient (Wildman–Crippen LogP) is 5.99. The maximum Gasteiger partial charge on any atom is 0.239 e. The van der Waals surface area contributed by atoms with E-state index >= 15 is 4.39 Å². The number of allylic oxidation sites excluding steroid dienone is 1. The van der Waals surface area contributed by atoms with Crippen LogP contribution in [0, 0.1) is 0 Å². The number of benzene rings is 3. The molecule has 1 aliphatic rings. The van der Waals surface area contributed by atoms with Gasteiger partial charge in [-0.15, -0.1) is 0 Å². The van der Waals surface area contributed by atoms with Crippen LogP contribution >= 0.6 is 0 Å². The molecule has 0 amide bonds. The minimum absolute atomic E-state index is 0.149. The van der Waals surface area contributed by atoms with E-state index in [0.29, 0.717) is 13.2 Å². The molecule has 1 aliphatic heterocycles. The van der Waals surface area contributed by atoms with Crippen molar-refractivity contribution in [1.82, 2.24) is 0 Å². The third kappa shape index (κ3) is 7.48. The van der Waals surface area contributed by atoms with Crippen molar-refractivity contribution in [2.24, 2.45) is 0 Å². The van der Waals surface area contributed by atoms with Crippen LogP contribution in [0.5, 0.6) is 0 Å². The third-order valence-corrected chi connectivity index (χ3v) is 5.91. The van der Waals surface area contributed by atoms with Crippen LogP contribution in [0.1, 0.15) is 23.6 Å². The molecule has 5 atom stereocenters. The third-order valence-electron chi connectivity index (χ3n) is 5.91. The Morgan fingerprint density at radius 3 is 1.72 bits per heavy atom. The number of halogens is 1. The van der Waals surface area contributed by atoms with Gasteiger partial charge in [-0.1, -0.05) is 97.1 Å². The lowest BCUT2D eigenvalue weighted by molar-refractivity contribution is -0.288. The molecule has 0 spiro atoms. The van der Waals surface area contributed by atoms with Gasteiger partial charge in [0.1, 0.15) is 18.3 Å². The highest BCUT2D eigenvalue weighted by Crippen LogP contribution is 2.31. The molecule has 0 radical (unpaired) electrons. The van der Waals surface area contributed by atoms with E-state index in [4.69, 9.17) is 23.7 Å². The normalized spacial score (nSPS) is 24.1. The van der Waals surface area contributed by atoms with Crippen LogP contribution in [0.2, 0.25) is 0 Å². The van der Waals surface area contributed by atoms with Crippen molar-refractivity contribution >= 4 is 0 Å². The summed E-state index contributed by atoms with van der Waals surface area (Å²) >= 11 is 0. The highest BCUT2D eigenvalue weighted by molar-refractivity contribution is 5.15. The molecule has 0 unspecified atom stereocenters. The lowest BCUT2D eigenvalue weighted by Crippen LogP contribution is -2.59. The van der Waals surface area contributed by atoms with Gasteiger partial charge in [0.25, 0.3) is 0 Å². The van der Waals surface area contributed by atoms with Gasteiger partial charge in [-0.25, -0.2) is 4.39 Å². The highest BCUT2D eigenvalue weighted by Gasteiger charge is 2.49. The summed E-state index contributed by atoms with van der Waals surface area (Å²) in [6, 6.07) is 29.4. The van der Waals surface area contributed by atoms with Gasteiger partial charge in [0.2, 0.25) is 6.36 Å². The van der Waals surface area contributed by atoms with Crippen molar-refractivity contribution in [3.8, 4) is 0 Å². The Labute approximate surface area is 212 Å². The number of hydrogen-bond acceptors (Lipinski definition) is 5. The zero-order valence-corrected chi connectivity index (χ0v) is 20.4. The fourth-order valence-corrected chi connectivity index (χ4v) is 4.10. The maximum absolute atomic E-state index is 15.3. The first kappa shape index (κ1) is 26.0. The first-order valence-electron chi connectivity index (χ1n) is 12.2. The van der Waals surface area contributed by atoms with Crippen LogP contribution in [0.4, 0.5) is 4.39 Å². The van der Waals surface area contributed by atoms with E-state index in [1.807, 2.05) is 91.0 Å². The standard InChI is InChI=1S/C30H33FO5/c1-2-18-33-29-28(35-21-25-16-10-5-11-17-25)27(34-20-24-14-8-4-9-15-24)26(36-30(29)31)22-32-19-23-12-6-3-7-13-23/h2-18,26-30H,19-22H2,1H3/b18-2-/t26-,27-,28+,29+,30+/m1/s1. The Bertz CT molecular complexity index is 1030. The summed E-state index contributed by atoms with van der Waals surface area (Å²) in [4.78, 5) is 0. The smallest absolute Gasteiger partial charge is 0.239 e. The van der Waals surface area contributed by atoms with Gasteiger partial charge < -0.3 is 23.7 Å². The van der Waals surface area contributed by atoms with Gasteiger partial charge in [-0.05, 0) is 23.6 Å². The summed E-state index contributed by atoms with van der Waals surface area (Å²) in [5.74, 6) is 0. The number of hydrogen-bond donors (Lipinski definition) is 0. The Morgan fingerprint density at radius 1 is 0.694 bits per heavy atom. The Morgan fingerprint density at radius 2 is 1.19 bits per heavy atom. The predicted molar refractivity (Wildman–Crippen MR) is 136 cm³/mol. The van der Waals surface area contributed by atoms with E-state index in [0.717, 1.165) is 16.7 Å². The van der Waals surface area contributed by atoms with Crippen molar-refractivity contribution in [2.75, 3.05) is 6.61 Å². The number of ether oxygens (including phenoxy) is 5. The van der Waals surface area contributed by atoms with Crippen LogP contribution in [-0.4, -0.2) is 37.4 Å². The monoisotopic (exact) mass is 492 g/mol. The second-order valence-corrected chi connectivity index (χ2v) is 8.62. The van der Waals surface area contributed by atoms with Crippen LogP contribution < -0.4 is 0 Å². The summed E-state index contributed by atoms with van der Waals surface area (Å²) in [7, 11) is 0. The van der Waals surface area contributed by atoms with E-state index in [9.17, 15) is 0 Å². The second-order valence-electron chi connectivity index (χ2n) is 8.62. The van der Waals surface area contributed by atoms with Crippen molar-refractivity contribution in [2.45, 2.75) is 57.5 Å². The fourth-order valence-electron chi connectivity index (χ4n) is 4.10. The second kappa shape index (κ2) is 13.9. The van der Waals surface area contributed by atoms with Crippen LogP contribution in [0.25, 0.3) is 0 Å². The van der Waals surface area contributed by atoms with Gasteiger partial charge >= 0.3 is 0 Å². The zero-order valence-electron chi connectivity index (χ0n) is 20.4. The van der Waals surface area contributed by atoms with Gasteiger partial charge in [-0.3, -0.25) is 0 Å².